The van der Waals surface area contributed by atoms with Gasteiger partial charge in [0.1, 0.15) is 0 Å². The molecule has 0 bridgehead atoms. The van der Waals surface area contributed by atoms with E-state index >= 15 is 0 Å². The number of imidazole rings is 1. The summed E-state index contributed by atoms with van der Waals surface area (Å²) in [6.07, 6.45) is 0. The molecule has 2 aromatic carbocycles. The van der Waals surface area contributed by atoms with Crippen molar-refractivity contribution < 1.29 is 14.3 Å². The van der Waals surface area contributed by atoms with Gasteiger partial charge in [-0.2, -0.15) is 0 Å². The fourth-order valence-electron chi connectivity index (χ4n) is 2.37. The molecule has 3 N–H and O–H groups in total. The SMILES string of the molecule is CC.CC(N)=O.COC=O.O=c1[nH]c2ccccc2c2nc3ccccc3n12. The van der Waals surface area contributed by atoms with Crippen LogP contribution in [0.3, 0.4) is 0 Å². The number of carbonyl (C=O) groups is 2. The van der Waals surface area contributed by atoms with Crippen LogP contribution in [0, 0.1) is 0 Å². The van der Waals surface area contributed by atoms with E-state index < -0.39 is 0 Å². The number of nitrogens with zero attached hydrogens (tertiary/aromatic N) is 2. The smallest absolute Gasteiger partial charge is 0.332 e. The summed E-state index contributed by atoms with van der Waals surface area (Å²) in [4.78, 5) is 37.7. The van der Waals surface area contributed by atoms with E-state index in [1.807, 2.05) is 62.4 Å². The van der Waals surface area contributed by atoms with Gasteiger partial charge in [-0.3, -0.25) is 9.59 Å². The Morgan fingerprint density at radius 2 is 1.68 bits per heavy atom. The van der Waals surface area contributed by atoms with Crippen molar-refractivity contribution in [2.45, 2.75) is 20.8 Å². The lowest BCUT2D eigenvalue weighted by atomic mass is 10.2. The van der Waals surface area contributed by atoms with Gasteiger partial charge in [0.2, 0.25) is 5.91 Å². The zero-order valence-corrected chi connectivity index (χ0v) is 16.3. The number of hydrogen-bond donors (Lipinski definition) is 2. The molecule has 0 spiro atoms. The molecule has 28 heavy (non-hydrogen) atoms. The molecule has 0 aliphatic carbocycles. The van der Waals surface area contributed by atoms with Crippen LogP contribution in [-0.2, 0) is 14.3 Å². The molecule has 4 aromatic rings. The van der Waals surface area contributed by atoms with Gasteiger partial charge < -0.3 is 15.5 Å². The summed E-state index contributed by atoms with van der Waals surface area (Å²) in [5, 5.41) is 0.952. The number of nitrogens with one attached hydrogen (secondary N) is 1. The van der Waals surface area contributed by atoms with Crippen molar-refractivity contribution in [1.82, 2.24) is 14.4 Å². The van der Waals surface area contributed by atoms with Crippen LogP contribution < -0.4 is 11.4 Å². The first kappa shape index (κ1) is 22.4. The number of hydrogen-bond acceptors (Lipinski definition) is 5. The van der Waals surface area contributed by atoms with Gasteiger partial charge in [-0.05, 0) is 24.3 Å². The van der Waals surface area contributed by atoms with Crippen LogP contribution in [-0.4, -0.2) is 33.9 Å². The van der Waals surface area contributed by atoms with Gasteiger partial charge in [0.05, 0.1) is 23.7 Å². The third-order valence-electron chi connectivity index (χ3n) is 3.27. The maximum absolute atomic E-state index is 12.1. The van der Waals surface area contributed by atoms with Crippen molar-refractivity contribution in [2.75, 3.05) is 7.11 Å². The molecule has 2 aromatic heterocycles. The van der Waals surface area contributed by atoms with E-state index in [2.05, 4.69) is 20.4 Å². The maximum Gasteiger partial charge on any atom is 0.332 e. The minimum Gasteiger partial charge on any atom is -0.471 e. The highest BCUT2D eigenvalue weighted by Gasteiger charge is 2.09. The number of rotatable bonds is 1. The number of primary amides is 1. The van der Waals surface area contributed by atoms with Gasteiger partial charge in [0, 0.05) is 12.3 Å². The van der Waals surface area contributed by atoms with Gasteiger partial charge in [0.15, 0.2) is 5.65 Å². The van der Waals surface area contributed by atoms with Crippen LogP contribution in [0.2, 0.25) is 0 Å². The Morgan fingerprint density at radius 3 is 2.29 bits per heavy atom. The van der Waals surface area contributed by atoms with E-state index in [0.29, 0.717) is 12.1 Å². The van der Waals surface area contributed by atoms with E-state index in [1.54, 1.807) is 4.40 Å². The van der Waals surface area contributed by atoms with Crippen LogP contribution in [0.4, 0.5) is 0 Å². The fraction of sp³-hybridized carbons (Fsp3) is 0.200. The van der Waals surface area contributed by atoms with E-state index in [-0.39, 0.29) is 11.6 Å². The molecule has 0 aliphatic rings. The standard InChI is InChI=1S/C14H9N3O.C2H5NO.C2H4O2.C2H6/c18-14-16-10-6-2-1-5-9(10)13-15-11-7-3-4-8-12(11)17(13)14;1-2(3)4;1-4-2-3;1-2/h1-8H,(H,16,18);1H3,(H2,3,4);2H,1H3;1-2H3. The second kappa shape index (κ2) is 11.1. The number of carbonyl (C=O) groups excluding carboxylic acids is 2. The Morgan fingerprint density at radius 1 is 1.14 bits per heavy atom. The average Bonchev–Trinajstić information content (AvgIpc) is 3.10. The summed E-state index contributed by atoms with van der Waals surface area (Å²) in [5.74, 6) is -0.333. The van der Waals surface area contributed by atoms with Crippen molar-refractivity contribution in [2.24, 2.45) is 5.73 Å². The Kier molecular flexibility index (Phi) is 8.88. The Labute approximate surface area is 161 Å². The van der Waals surface area contributed by atoms with Crippen LogP contribution in [0.25, 0.3) is 27.6 Å². The predicted octanol–water partition coefficient (Wildman–Crippen LogP) is 2.64. The van der Waals surface area contributed by atoms with Gasteiger partial charge >= 0.3 is 5.69 Å². The lowest BCUT2D eigenvalue weighted by Gasteiger charge is -1.99. The lowest BCUT2D eigenvalue weighted by molar-refractivity contribution is -0.126. The predicted molar refractivity (Wildman–Crippen MR) is 110 cm³/mol. The van der Waals surface area contributed by atoms with Crippen molar-refractivity contribution in [3.63, 3.8) is 0 Å². The molecule has 0 saturated carbocycles. The summed E-state index contributed by atoms with van der Waals surface area (Å²) in [6, 6.07) is 15.3. The van der Waals surface area contributed by atoms with E-state index in [9.17, 15) is 9.59 Å². The molecule has 0 atom stereocenters. The molecular weight excluding hydrogens is 360 g/mol. The zero-order valence-electron chi connectivity index (χ0n) is 16.3. The Bertz CT molecular complexity index is 1110. The summed E-state index contributed by atoms with van der Waals surface area (Å²) in [6.45, 7) is 5.68. The molecule has 0 unspecified atom stereocenters. The molecule has 0 radical (unpaired) electrons. The second-order valence-electron chi connectivity index (χ2n) is 5.18. The molecule has 148 valence electrons. The normalized spacial score (nSPS) is 9.29. The maximum atomic E-state index is 12.1. The highest BCUT2D eigenvalue weighted by atomic mass is 16.5. The van der Waals surface area contributed by atoms with E-state index in [4.69, 9.17) is 4.79 Å². The van der Waals surface area contributed by atoms with Crippen LogP contribution in [0.15, 0.2) is 53.3 Å². The van der Waals surface area contributed by atoms with Gasteiger partial charge in [-0.1, -0.05) is 38.1 Å². The number of H-pyrrole nitrogens is 1. The monoisotopic (exact) mass is 384 g/mol. The summed E-state index contributed by atoms with van der Waals surface area (Å²) in [5.41, 5.74) is 7.50. The first-order chi connectivity index (χ1) is 13.5. The number of aromatic nitrogens is 3. The highest BCUT2D eigenvalue weighted by molar-refractivity contribution is 5.95. The highest BCUT2D eigenvalue weighted by Crippen LogP contribution is 2.20. The molecule has 8 heteroatoms. The van der Waals surface area contributed by atoms with Crippen LogP contribution in [0.1, 0.15) is 20.8 Å². The van der Waals surface area contributed by atoms with E-state index in [1.165, 1.54) is 14.0 Å². The lowest BCUT2D eigenvalue weighted by Crippen LogP contribution is -2.15. The van der Waals surface area contributed by atoms with Gasteiger partial charge in [-0.15, -0.1) is 0 Å². The average molecular weight is 384 g/mol. The number of amides is 1. The van der Waals surface area contributed by atoms with Crippen LogP contribution in [0.5, 0.6) is 0 Å². The van der Waals surface area contributed by atoms with E-state index in [0.717, 1.165) is 21.9 Å². The molecule has 0 aliphatic heterocycles. The van der Waals surface area contributed by atoms with Crippen molar-refractivity contribution in [3.05, 3.63) is 59.0 Å². The molecule has 0 saturated heterocycles. The molecule has 0 fully saturated rings. The quantitative estimate of drug-likeness (QED) is 0.489. The number of benzene rings is 2. The summed E-state index contributed by atoms with van der Waals surface area (Å²) in [7, 11) is 1.31. The molecule has 2 heterocycles. The molecular formula is C20H24N4O4. The number of para-hydroxylation sites is 3. The minimum atomic E-state index is -0.333. The van der Waals surface area contributed by atoms with Gasteiger partial charge in [0.25, 0.3) is 6.47 Å². The van der Waals surface area contributed by atoms with Crippen LogP contribution >= 0.6 is 0 Å². The number of nitrogens with two attached hydrogens (primary N) is 1. The third kappa shape index (κ3) is 5.41. The second-order valence-corrected chi connectivity index (χ2v) is 5.18. The molecule has 4 rings (SSSR count). The number of ether oxygens (including phenoxy) is 1. The van der Waals surface area contributed by atoms with Crippen molar-refractivity contribution in [1.29, 1.82) is 0 Å². The molecule has 8 nitrogen and oxygen atoms in total. The Balaban J connectivity index is 0.000000334. The first-order valence-corrected chi connectivity index (χ1v) is 8.60. The van der Waals surface area contributed by atoms with Crippen molar-refractivity contribution >= 4 is 40.0 Å². The number of fused-ring (bicyclic) bond motifs is 5. The largest absolute Gasteiger partial charge is 0.471 e. The Hall–Kier alpha value is -3.68. The first-order valence-electron chi connectivity index (χ1n) is 8.60. The number of methoxy groups -OCH3 is 1. The summed E-state index contributed by atoms with van der Waals surface area (Å²) >= 11 is 0. The molecule has 1 amide bonds. The third-order valence-corrected chi connectivity index (χ3v) is 3.27. The van der Waals surface area contributed by atoms with Gasteiger partial charge in [-0.25, -0.2) is 14.2 Å². The zero-order chi connectivity index (χ0) is 21.1. The topological polar surface area (TPSA) is 120 Å². The fourth-order valence-corrected chi connectivity index (χ4v) is 2.37. The van der Waals surface area contributed by atoms with Crippen molar-refractivity contribution in [3.8, 4) is 0 Å². The number of aromatic amines is 1. The minimum absolute atomic E-state index is 0.155. The summed E-state index contributed by atoms with van der Waals surface area (Å²) < 4.78 is 5.48.